The first kappa shape index (κ1) is 19.1. The highest BCUT2D eigenvalue weighted by atomic mass is 32.1. The number of nitrogens with one attached hydrogen (secondary N) is 1. The fraction of sp³-hybridized carbons (Fsp3) is 0.350. The maximum atomic E-state index is 12.6. The van der Waals surface area contributed by atoms with Crippen molar-refractivity contribution in [1.29, 1.82) is 0 Å². The summed E-state index contributed by atoms with van der Waals surface area (Å²) in [5.74, 6) is 2.21. The number of likely N-dealkylation sites (N-methyl/N-ethyl adjacent to an activating group) is 1. The number of carbonyl (C=O) groups is 1. The normalized spacial score (nSPS) is 10.9. The molecule has 0 atom stereocenters. The molecule has 0 spiro atoms. The molecule has 0 aliphatic carbocycles. The van der Waals surface area contributed by atoms with Crippen molar-refractivity contribution >= 4 is 39.0 Å². The van der Waals surface area contributed by atoms with Crippen molar-refractivity contribution < 1.29 is 9.53 Å². The smallest absolute Gasteiger partial charge is 0.243 e. The Morgan fingerprint density at radius 2 is 1.89 bits per heavy atom. The Morgan fingerprint density at radius 3 is 2.52 bits per heavy atom. The lowest BCUT2D eigenvalue weighted by atomic mass is 10.2. The van der Waals surface area contributed by atoms with Crippen LogP contribution < -0.4 is 15.0 Å². The number of carbonyl (C=O) groups excluding carboxylic acids is 1. The van der Waals surface area contributed by atoms with E-state index in [2.05, 4.69) is 29.1 Å². The van der Waals surface area contributed by atoms with Crippen molar-refractivity contribution in [3.63, 3.8) is 0 Å². The van der Waals surface area contributed by atoms with Gasteiger partial charge >= 0.3 is 0 Å². The van der Waals surface area contributed by atoms with Gasteiger partial charge in [-0.15, -0.1) is 11.3 Å². The van der Waals surface area contributed by atoms with E-state index in [4.69, 9.17) is 4.74 Å². The van der Waals surface area contributed by atoms with Crippen LogP contribution in [0, 0.1) is 20.8 Å². The Balaban J connectivity index is 1.84. The van der Waals surface area contributed by atoms with Gasteiger partial charge in [0.15, 0.2) is 0 Å². The van der Waals surface area contributed by atoms with E-state index in [1.165, 1.54) is 10.4 Å². The second-order valence-electron chi connectivity index (χ2n) is 6.35. The summed E-state index contributed by atoms with van der Waals surface area (Å²) < 4.78 is 5.15. The van der Waals surface area contributed by atoms with Crippen LogP contribution in [0.25, 0.3) is 10.2 Å². The van der Waals surface area contributed by atoms with Gasteiger partial charge in [-0.25, -0.2) is 9.97 Å². The summed E-state index contributed by atoms with van der Waals surface area (Å²) in [5, 5.41) is 3.98. The third-order valence-corrected chi connectivity index (χ3v) is 5.61. The molecular formula is C20H24N4O2S. The second kappa shape index (κ2) is 7.92. The van der Waals surface area contributed by atoms with Gasteiger partial charge < -0.3 is 15.0 Å². The summed E-state index contributed by atoms with van der Waals surface area (Å²) in [6.45, 7) is 8.99. The van der Waals surface area contributed by atoms with Crippen molar-refractivity contribution in [3.8, 4) is 5.75 Å². The highest BCUT2D eigenvalue weighted by Gasteiger charge is 2.19. The van der Waals surface area contributed by atoms with Gasteiger partial charge in [-0.3, -0.25) is 4.79 Å². The Hall–Kier alpha value is -2.67. The van der Waals surface area contributed by atoms with Gasteiger partial charge in [0.05, 0.1) is 19.0 Å². The Bertz CT molecular complexity index is 966. The number of hydrogen-bond donors (Lipinski definition) is 1. The SMILES string of the molecule is CCN(CC(=O)Nc1ccc(OC)cc1)c1nc(C)nc2sc(C)c(C)c12. The average Bonchev–Trinajstić information content (AvgIpc) is 2.93. The first-order valence-electron chi connectivity index (χ1n) is 8.86. The Labute approximate surface area is 163 Å². The molecule has 0 unspecified atom stereocenters. The van der Waals surface area contributed by atoms with Crippen LogP contribution in [-0.2, 0) is 4.79 Å². The number of aromatic nitrogens is 2. The third kappa shape index (κ3) is 4.03. The number of methoxy groups -OCH3 is 1. The van der Waals surface area contributed by atoms with Gasteiger partial charge in [0.1, 0.15) is 22.2 Å². The lowest BCUT2D eigenvalue weighted by molar-refractivity contribution is -0.115. The summed E-state index contributed by atoms with van der Waals surface area (Å²) in [4.78, 5) is 26.0. The minimum Gasteiger partial charge on any atom is -0.497 e. The first-order valence-corrected chi connectivity index (χ1v) is 9.67. The summed E-state index contributed by atoms with van der Waals surface area (Å²) in [6.07, 6.45) is 0. The van der Waals surface area contributed by atoms with Crippen molar-refractivity contribution in [2.75, 3.05) is 30.4 Å². The molecule has 0 bridgehead atoms. The van der Waals surface area contributed by atoms with Crippen LogP contribution in [0.15, 0.2) is 24.3 Å². The number of benzene rings is 1. The highest BCUT2D eigenvalue weighted by Crippen LogP contribution is 2.34. The van der Waals surface area contributed by atoms with Crippen LogP contribution >= 0.6 is 11.3 Å². The lowest BCUT2D eigenvalue weighted by Gasteiger charge is -2.23. The van der Waals surface area contributed by atoms with E-state index < -0.39 is 0 Å². The molecule has 0 fully saturated rings. The van der Waals surface area contributed by atoms with E-state index in [1.54, 1.807) is 18.4 Å². The molecule has 1 amide bonds. The fourth-order valence-corrected chi connectivity index (χ4v) is 4.02. The molecule has 3 rings (SSSR count). The van der Waals surface area contributed by atoms with E-state index >= 15 is 0 Å². The van der Waals surface area contributed by atoms with E-state index in [0.717, 1.165) is 27.5 Å². The molecule has 0 saturated heterocycles. The van der Waals surface area contributed by atoms with E-state index in [1.807, 2.05) is 43.0 Å². The van der Waals surface area contributed by atoms with Gasteiger partial charge in [0.2, 0.25) is 5.91 Å². The van der Waals surface area contributed by atoms with Gasteiger partial charge in [0.25, 0.3) is 0 Å². The van der Waals surface area contributed by atoms with Gasteiger partial charge in [0, 0.05) is 17.1 Å². The second-order valence-corrected chi connectivity index (χ2v) is 7.55. The molecule has 27 heavy (non-hydrogen) atoms. The standard InChI is InChI=1S/C20H24N4O2S/c1-6-24(11-17(25)23-15-7-9-16(26-5)10-8-15)19-18-12(2)13(3)27-20(18)22-14(4)21-19/h7-10H,6,11H2,1-5H3,(H,23,25). The van der Waals surface area contributed by atoms with Crippen molar-refractivity contribution in [3.05, 3.63) is 40.5 Å². The Kier molecular flexibility index (Phi) is 5.60. The summed E-state index contributed by atoms with van der Waals surface area (Å²) in [7, 11) is 1.62. The summed E-state index contributed by atoms with van der Waals surface area (Å²) in [6, 6.07) is 7.29. The number of nitrogens with zero attached hydrogens (tertiary/aromatic N) is 3. The molecular weight excluding hydrogens is 360 g/mol. The van der Waals surface area contributed by atoms with E-state index in [9.17, 15) is 4.79 Å². The number of rotatable bonds is 6. The van der Waals surface area contributed by atoms with Crippen LogP contribution in [0.3, 0.4) is 0 Å². The molecule has 0 aliphatic heterocycles. The summed E-state index contributed by atoms with van der Waals surface area (Å²) >= 11 is 1.67. The molecule has 0 saturated carbocycles. The molecule has 7 heteroatoms. The fourth-order valence-electron chi connectivity index (χ4n) is 2.95. The molecule has 2 aromatic heterocycles. The topological polar surface area (TPSA) is 67.4 Å². The van der Waals surface area contributed by atoms with Gasteiger partial charge in [-0.1, -0.05) is 0 Å². The molecule has 6 nitrogen and oxygen atoms in total. The maximum absolute atomic E-state index is 12.6. The minimum atomic E-state index is -0.0870. The number of aryl methyl sites for hydroxylation is 3. The molecule has 0 radical (unpaired) electrons. The van der Waals surface area contributed by atoms with Crippen LogP contribution in [0.5, 0.6) is 5.75 Å². The van der Waals surface area contributed by atoms with Crippen molar-refractivity contribution in [2.24, 2.45) is 0 Å². The van der Waals surface area contributed by atoms with Crippen LogP contribution in [0.1, 0.15) is 23.2 Å². The van der Waals surface area contributed by atoms with E-state index in [0.29, 0.717) is 12.4 Å². The number of amides is 1. The quantitative estimate of drug-likeness (QED) is 0.693. The third-order valence-electron chi connectivity index (χ3n) is 4.51. The zero-order valence-electron chi connectivity index (χ0n) is 16.3. The monoisotopic (exact) mass is 384 g/mol. The van der Waals surface area contributed by atoms with Gasteiger partial charge in [-0.2, -0.15) is 0 Å². The molecule has 1 aromatic carbocycles. The number of anilines is 2. The molecule has 0 aliphatic rings. The number of ether oxygens (including phenoxy) is 1. The van der Waals surface area contributed by atoms with E-state index in [-0.39, 0.29) is 12.5 Å². The van der Waals surface area contributed by atoms with Crippen LogP contribution in [-0.4, -0.2) is 36.1 Å². The zero-order chi connectivity index (χ0) is 19.6. The predicted octanol–water partition coefficient (Wildman–Crippen LogP) is 4.09. The minimum absolute atomic E-state index is 0.0870. The van der Waals surface area contributed by atoms with Gasteiger partial charge in [-0.05, 0) is 57.5 Å². The Morgan fingerprint density at radius 1 is 1.19 bits per heavy atom. The number of fused-ring (bicyclic) bond motifs is 1. The lowest BCUT2D eigenvalue weighted by Crippen LogP contribution is -2.34. The maximum Gasteiger partial charge on any atom is 0.243 e. The highest BCUT2D eigenvalue weighted by molar-refractivity contribution is 7.18. The average molecular weight is 385 g/mol. The number of hydrogen-bond acceptors (Lipinski definition) is 6. The molecule has 1 N–H and O–H groups in total. The molecule has 3 aromatic rings. The van der Waals surface area contributed by atoms with Crippen molar-refractivity contribution in [2.45, 2.75) is 27.7 Å². The zero-order valence-corrected chi connectivity index (χ0v) is 17.1. The predicted molar refractivity (Wildman–Crippen MR) is 111 cm³/mol. The number of thiophene rings is 1. The summed E-state index contributed by atoms with van der Waals surface area (Å²) in [5.41, 5.74) is 1.92. The first-order chi connectivity index (χ1) is 12.9. The van der Waals surface area contributed by atoms with Crippen LogP contribution in [0.4, 0.5) is 11.5 Å². The van der Waals surface area contributed by atoms with Crippen molar-refractivity contribution in [1.82, 2.24) is 9.97 Å². The molecule has 2 heterocycles. The molecule has 142 valence electrons. The van der Waals surface area contributed by atoms with Crippen LogP contribution in [0.2, 0.25) is 0 Å². The largest absolute Gasteiger partial charge is 0.497 e.